The maximum absolute atomic E-state index is 12.5. The number of methoxy groups -OCH3 is 2. The van der Waals surface area contributed by atoms with Gasteiger partial charge in [-0.05, 0) is 47.9 Å². The lowest BCUT2D eigenvalue weighted by molar-refractivity contribution is -0.156. The van der Waals surface area contributed by atoms with Crippen molar-refractivity contribution in [2.75, 3.05) is 27.9 Å². The molecule has 8 nitrogen and oxygen atoms in total. The molecule has 1 heterocycles. The highest BCUT2D eigenvalue weighted by atomic mass is 16.6. The van der Waals surface area contributed by atoms with Crippen LogP contribution < -0.4 is 14.8 Å². The van der Waals surface area contributed by atoms with Gasteiger partial charge in [-0.25, -0.2) is 0 Å². The topological polar surface area (TPSA) is 92.3 Å². The SMILES string of the molecule is CNC(=O)CCC(=O)OC1C[C@H](C)O[C@@H]1COC(c1ccccc1)(c1ccc(OC)cc1)c1ccc(OC)cc1. The van der Waals surface area contributed by atoms with Gasteiger partial charge in [-0.3, -0.25) is 9.59 Å². The van der Waals surface area contributed by atoms with Crippen LogP contribution in [0.15, 0.2) is 78.9 Å². The van der Waals surface area contributed by atoms with Gasteiger partial charge in [0.05, 0.1) is 33.4 Å². The quantitative estimate of drug-likeness (QED) is 0.261. The molecule has 0 radical (unpaired) electrons. The molecule has 1 unspecified atom stereocenters. The number of esters is 1. The number of hydrogen-bond donors (Lipinski definition) is 1. The largest absolute Gasteiger partial charge is 0.497 e. The van der Waals surface area contributed by atoms with Crippen LogP contribution in [0.3, 0.4) is 0 Å². The van der Waals surface area contributed by atoms with Crippen molar-refractivity contribution in [2.24, 2.45) is 0 Å². The van der Waals surface area contributed by atoms with Crippen molar-refractivity contribution < 1.29 is 33.3 Å². The fraction of sp³-hybridized carbons (Fsp3) is 0.375. The average molecular weight is 548 g/mol. The minimum atomic E-state index is -1.01. The van der Waals surface area contributed by atoms with Crippen LogP contribution in [0, 0.1) is 0 Å². The summed E-state index contributed by atoms with van der Waals surface area (Å²) in [6, 6.07) is 25.6. The zero-order chi connectivity index (χ0) is 28.5. The second kappa shape index (κ2) is 13.5. The second-order valence-electron chi connectivity index (χ2n) is 9.74. The van der Waals surface area contributed by atoms with Crippen molar-refractivity contribution in [1.82, 2.24) is 5.32 Å². The van der Waals surface area contributed by atoms with Gasteiger partial charge in [-0.15, -0.1) is 0 Å². The van der Waals surface area contributed by atoms with Crippen LogP contribution >= 0.6 is 0 Å². The minimum absolute atomic E-state index is 0.00375. The number of nitrogens with one attached hydrogen (secondary N) is 1. The van der Waals surface area contributed by atoms with E-state index in [0.717, 1.165) is 28.2 Å². The fourth-order valence-corrected chi connectivity index (χ4v) is 5.04. The Labute approximate surface area is 235 Å². The first kappa shape index (κ1) is 29.1. The van der Waals surface area contributed by atoms with E-state index in [4.69, 9.17) is 23.7 Å². The molecule has 0 aromatic heterocycles. The molecular formula is C32H37NO7. The summed E-state index contributed by atoms with van der Waals surface area (Å²) in [5, 5.41) is 2.52. The number of amides is 1. The third-order valence-electron chi connectivity index (χ3n) is 7.14. The Balaban J connectivity index is 1.68. The van der Waals surface area contributed by atoms with Gasteiger partial charge in [-0.2, -0.15) is 0 Å². The maximum atomic E-state index is 12.5. The van der Waals surface area contributed by atoms with E-state index in [1.807, 2.05) is 85.8 Å². The molecule has 212 valence electrons. The van der Waals surface area contributed by atoms with Crippen LogP contribution in [0.5, 0.6) is 11.5 Å². The molecule has 1 saturated heterocycles. The molecule has 0 bridgehead atoms. The molecular weight excluding hydrogens is 510 g/mol. The molecule has 1 amide bonds. The molecule has 3 aromatic carbocycles. The summed E-state index contributed by atoms with van der Waals surface area (Å²) >= 11 is 0. The van der Waals surface area contributed by atoms with Crippen molar-refractivity contribution in [3.05, 3.63) is 95.6 Å². The van der Waals surface area contributed by atoms with Gasteiger partial charge < -0.3 is 29.0 Å². The Morgan fingerprint density at radius 2 is 1.40 bits per heavy atom. The summed E-state index contributed by atoms with van der Waals surface area (Å²) in [7, 11) is 4.81. The zero-order valence-corrected chi connectivity index (χ0v) is 23.4. The molecule has 8 heteroatoms. The van der Waals surface area contributed by atoms with E-state index in [1.165, 1.54) is 7.05 Å². The lowest BCUT2D eigenvalue weighted by Gasteiger charge is -2.37. The first-order valence-corrected chi connectivity index (χ1v) is 13.4. The molecule has 1 aliphatic rings. The second-order valence-corrected chi connectivity index (χ2v) is 9.74. The Kier molecular flexibility index (Phi) is 9.79. The van der Waals surface area contributed by atoms with Crippen molar-refractivity contribution in [2.45, 2.75) is 50.1 Å². The van der Waals surface area contributed by atoms with Gasteiger partial charge in [0, 0.05) is 19.9 Å². The molecule has 0 saturated carbocycles. The summed E-state index contributed by atoms with van der Waals surface area (Å²) in [6.45, 7) is 2.10. The number of benzene rings is 3. The highest BCUT2D eigenvalue weighted by molar-refractivity contribution is 5.81. The number of hydrogen-bond acceptors (Lipinski definition) is 7. The molecule has 40 heavy (non-hydrogen) atoms. The first-order chi connectivity index (χ1) is 19.4. The summed E-state index contributed by atoms with van der Waals surface area (Å²) in [6.07, 6.45) is -0.470. The molecule has 0 aliphatic carbocycles. The Bertz CT molecular complexity index is 1200. The third-order valence-corrected chi connectivity index (χ3v) is 7.14. The smallest absolute Gasteiger partial charge is 0.306 e. The van der Waals surface area contributed by atoms with E-state index in [0.29, 0.717) is 6.42 Å². The van der Waals surface area contributed by atoms with Crippen molar-refractivity contribution in [1.29, 1.82) is 0 Å². The van der Waals surface area contributed by atoms with E-state index < -0.39 is 23.8 Å². The summed E-state index contributed by atoms with van der Waals surface area (Å²) in [4.78, 5) is 24.1. The van der Waals surface area contributed by atoms with E-state index in [1.54, 1.807) is 14.2 Å². The maximum Gasteiger partial charge on any atom is 0.306 e. The van der Waals surface area contributed by atoms with Gasteiger partial charge >= 0.3 is 5.97 Å². The number of ether oxygens (including phenoxy) is 5. The third kappa shape index (κ3) is 6.63. The Morgan fingerprint density at radius 3 is 1.93 bits per heavy atom. The molecule has 3 atom stereocenters. The van der Waals surface area contributed by atoms with E-state index in [2.05, 4.69) is 5.32 Å². The highest BCUT2D eigenvalue weighted by Crippen LogP contribution is 2.42. The first-order valence-electron chi connectivity index (χ1n) is 13.4. The zero-order valence-electron chi connectivity index (χ0n) is 23.4. The average Bonchev–Trinajstić information content (AvgIpc) is 3.35. The molecule has 3 aromatic rings. The lowest BCUT2D eigenvalue weighted by Crippen LogP contribution is -2.39. The monoisotopic (exact) mass is 547 g/mol. The standard InChI is InChI=1S/C32H37NO7/c1-22-20-28(40-31(35)19-18-30(34)33-2)29(39-22)21-38-32(23-8-6-5-7-9-23,24-10-14-26(36-3)15-11-24)25-12-16-27(37-4)17-13-25/h5-17,22,28-29H,18-21H2,1-4H3,(H,33,34)/t22-,28?,29+/m0/s1. The summed E-state index contributed by atoms with van der Waals surface area (Å²) < 4.78 is 29.7. The molecule has 1 aliphatic heterocycles. The van der Waals surface area contributed by atoms with Gasteiger partial charge in [0.25, 0.3) is 0 Å². The van der Waals surface area contributed by atoms with Crippen molar-refractivity contribution >= 4 is 11.9 Å². The summed E-state index contributed by atoms with van der Waals surface area (Å²) in [5.74, 6) is 0.824. The normalized spacial score (nSPS) is 18.6. The summed E-state index contributed by atoms with van der Waals surface area (Å²) in [5.41, 5.74) is 1.71. The van der Waals surface area contributed by atoms with Gasteiger partial charge in [0.15, 0.2) is 0 Å². The highest BCUT2D eigenvalue weighted by Gasteiger charge is 2.42. The van der Waals surface area contributed by atoms with E-state index in [9.17, 15) is 9.59 Å². The van der Waals surface area contributed by atoms with Gasteiger partial charge in [0.1, 0.15) is 29.3 Å². The van der Waals surface area contributed by atoms with E-state index in [-0.39, 0.29) is 31.5 Å². The van der Waals surface area contributed by atoms with Crippen LogP contribution in [-0.2, 0) is 29.4 Å². The molecule has 1 fully saturated rings. The molecule has 0 spiro atoms. The lowest BCUT2D eigenvalue weighted by atomic mass is 9.80. The van der Waals surface area contributed by atoms with Crippen LogP contribution in [-0.4, -0.2) is 58.1 Å². The van der Waals surface area contributed by atoms with Gasteiger partial charge in [0.2, 0.25) is 5.91 Å². The predicted molar refractivity (Wildman–Crippen MR) is 150 cm³/mol. The Morgan fingerprint density at radius 1 is 0.850 bits per heavy atom. The number of carbonyl (C=O) groups excluding carboxylic acids is 2. The predicted octanol–water partition coefficient (Wildman–Crippen LogP) is 4.63. The Hall–Kier alpha value is -3.88. The van der Waals surface area contributed by atoms with Crippen molar-refractivity contribution in [3.63, 3.8) is 0 Å². The van der Waals surface area contributed by atoms with Crippen molar-refractivity contribution in [3.8, 4) is 11.5 Å². The van der Waals surface area contributed by atoms with Crippen LogP contribution in [0.25, 0.3) is 0 Å². The number of carbonyl (C=O) groups is 2. The molecule has 4 rings (SSSR count). The van der Waals surface area contributed by atoms with Gasteiger partial charge in [-0.1, -0.05) is 54.6 Å². The van der Waals surface area contributed by atoms with E-state index >= 15 is 0 Å². The number of rotatable bonds is 12. The van der Waals surface area contributed by atoms with Crippen LogP contribution in [0.1, 0.15) is 42.9 Å². The molecule has 1 N–H and O–H groups in total. The minimum Gasteiger partial charge on any atom is -0.497 e. The van der Waals surface area contributed by atoms with Crippen LogP contribution in [0.2, 0.25) is 0 Å². The van der Waals surface area contributed by atoms with Crippen LogP contribution in [0.4, 0.5) is 0 Å². The fourth-order valence-electron chi connectivity index (χ4n) is 5.04.